The fraction of sp³-hybridized carbons (Fsp3) is 0.344. The van der Waals surface area contributed by atoms with E-state index in [1.165, 1.54) is 37.4 Å². The average Bonchev–Trinajstić information content (AvgIpc) is 2.85. The highest BCUT2D eigenvalue weighted by Gasteiger charge is 2.29. The maximum absolute atomic E-state index is 15.6. The zero-order chi connectivity index (χ0) is 29.1. The van der Waals surface area contributed by atoms with Gasteiger partial charge < -0.3 is 18.8 Å². The SMILES string of the molecule is COC(=O)c1ccc(C(=O)OC(C)(C)C)cc1-c1c2cc(F)c(=[N+]3CCC3)cc-2oc2cc(N3CCC3)c(F)cc12. The topological polar surface area (TPSA) is 72.0 Å². The second-order valence-corrected chi connectivity index (χ2v) is 11.5. The summed E-state index contributed by atoms with van der Waals surface area (Å²) in [5.74, 6) is -1.81. The number of halogens is 2. The Kier molecular flexibility index (Phi) is 6.55. The minimum atomic E-state index is -0.754. The van der Waals surface area contributed by atoms with Crippen molar-refractivity contribution in [2.75, 3.05) is 38.2 Å². The van der Waals surface area contributed by atoms with E-state index in [-0.39, 0.29) is 16.7 Å². The number of ether oxygens (including phenoxy) is 2. The van der Waals surface area contributed by atoms with E-state index < -0.39 is 29.2 Å². The van der Waals surface area contributed by atoms with Crippen molar-refractivity contribution in [3.63, 3.8) is 0 Å². The molecule has 0 aromatic heterocycles. The molecule has 212 valence electrons. The van der Waals surface area contributed by atoms with E-state index in [4.69, 9.17) is 13.9 Å². The number of carbonyl (C=O) groups excluding carboxylic acids is 2. The Balaban J connectivity index is 1.69. The summed E-state index contributed by atoms with van der Waals surface area (Å²) < 4.78 is 50.0. The third-order valence-electron chi connectivity index (χ3n) is 7.58. The van der Waals surface area contributed by atoms with Crippen LogP contribution in [-0.2, 0) is 9.47 Å². The van der Waals surface area contributed by atoms with Crippen molar-refractivity contribution < 1.29 is 32.3 Å². The van der Waals surface area contributed by atoms with E-state index in [1.54, 1.807) is 32.9 Å². The Morgan fingerprint density at radius 3 is 2.29 bits per heavy atom. The quantitative estimate of drug-likeness (QED) is 0.183. The van der Waals surface area contributed by atoms with Gasteiger partial charge in [-0.2, -0.15) is 4.39 Å². The largest absolute Gasteiger partial charge is 0.465 e. The van der Waals surface area contributed by atoms with Gasteiger partial charge in [-0.3, -0.25) is 0 Å². The van der Waals surface area contributed by atoms with Crippen molar-refractivity contribution in [3.8, 4) is 22.5 Å². The van der Waals surface area contributed by atoms with Crippen LogP contribution in [-0.4, -0.2) is 50.8 Å². The number of esters is 2. The van der Waals surface area contributed by atoms with Crippen LogP contribution in [0, 0.1) is 11.6 Å². The van der Waals surface area contributed by atoms with E-state index in [0.717, 1.165) is 39.0 Å². The van der Waals surface area contributed by atoms with Gasteiger partial charge >= 0.3 is 11.9 Å². The number of benzene rings is 3. The maximum Gasteiger partial charge on any atom is 0.338 e. The molecule has 41 heavy (non-hydrogen) atoms. The Morgan fingerprint density at radius 1 is 0.927 bits per heavy atom. The molecule has 0 bridgehead atoms. The molecule has 0 amide bonds. The second kappa shape index (κ2) is 9.98. The summed E-state index contributed by atoms with van der Waals surface area (Å²) in [7, 11) is 1.25. The molecule has 0 unspecified atom stereocenters. The smallest absolute Gasteiger partial charge is 0.338 e. The third-order valence-corrected chi connectivity index (χ3v) is 7.58. The molecule has 2 aromatic rings. The van der Waals surface area contributed by atoms with Crippen LogP contribution in [0.15, 0.2) is 46.9 Å². The molecule has 0 N–H and O–H groups in total. The molecule has 2 aromatic carbocycles. The number of carbonyl (C=O) groups is 2. The molecule has 3 aliphatic heterocycles. The fourth-order valence-corrected chi connectivity index (χ4v) is 5.30. The molecule has 0 radical (unpaired) electrons. The first-order valence-corrected chi connectivity index (χ1v) is 13.7. The van der Waals surface area contributed by atoms with E-state index in [0.29, 0.717) is 38.9 Å². The fourth-order valence-electron chi connectivity index (χ4n) is 5.30. The van der Waals surface area contributed by atoms with Gasteiger partial charge in [0.05, 0.1) is 36.4 Å². The van der Waals surface area contributed by atoms with Crippen molar-refractivity contribution in [1.29, 1.82) is 0 Å². The van der Waals surface area contributed by atoms with E-state index in [1.807, 2.05) is 9.48 Å². The van der Waals surface area contributed by atoms with Crippen molar-refractivity contribution >= 4 is 28.6 Å². The maximum atomic E-state index is 15.6. The molecular formula is C32H31F2N2O5+. The molecular weight excluding hydrogens is 530 g/mol. The first kappa shape index (κ1) is 26.9. The molecule has 0 atom stereocenters. The van der Waals surface area contributed by atoms with Gasteiger partial charge in [-0.25, -0.2) is 18.6 Å². The summed E-state index contributed by atoms with van der Waals surface area (Å²) >= 11 is 0. The Labute approximate surface area is 235 Å². The second-order valence-electron chi connectivity index (χ2n) is 11.5. The highest BCUT2D eigenvalue weighted by Crippen LogP contribution is 2.44. The van der Waals surface area contributed by atoms with Gasteiger partial charge in [0.1, 0.15) is 35.9 Å². The predicted molar refractivity (Wildman–Crippen MR) is 151 cm³/mol. The number of methoxy groups -OCH3 is 1. The molecule has 9 heteroatoms. The van der Waals surface area contributed by atoms with Crippen molar-refractivity contribution in [1.82, 2.24) is 4.58 Å². The molecule has 0 spiro atoms. The Hall–Kier alpha value is -4.27. The van der Waals surface area contributed by atoms with Gasteiger partial charge in [-0.05, 0) is 63.1 Å². The average molecular weight is 562 g/mol. The minimum absolute atomic E-state index is 0.132. The summed E-state index contributed by atoms with van der Waals surface area (Å²) in [5.41, 5.74) is 1.31. The standard InChI is InChI=1S/C32H31F2N2O5/c1-32(2,3)41-30(37)18-7-8-19(31(38)39-4)20(13-18)29-21-14-23(33)25(35-9-5-10-35)16-27(21)40-28-17-26(36-11-6-12-36)24(34)15-22(28)29/h7-8,13-17H,5-6,9-12H2,1-4H3/q+1. The van der Waals surface area contributed by atoms with E-state index in [2.05, 4.69) is 0 Å². The van der Waals surface area contributed by atoms with Crippen LogP contribution in [0.3, 0.4) is 0 Å². The molecule has 7 nitrogen and oxygen atoms in total. The van der Waals surface area contributed by atoms with Crippen LogP contribution in [0.4, 0.5) is 14.5 Å². The molecule has 3 heterocycles. The lowest BCUT2D eigenvalue weighted by Crippen LogP contribution is -2.42. The van der Waals surface area contributed by atoms with E-state index >= 15 is 8.78 Å². The summed E-state index contributed by atoms with van der Waals surface area (Å²) in [6.07, 6.45) is 1.94. The molecule has 6 rings (SSSR count). The van der Waals surface area contributed by atoms with Gasteiger partial charge in [0.2, 0.25) is 5.36 Å². The highest BCUT2D eigenvalue weighted by atomic mass is 19.1. The first-order valence-electron chi connectivity index (χ1n) is 13.7. The number of nitrogens with zero attached hydrogens (tertiary/aromatic N) is 2. The van der Waals surface area contributed by atoms with Crippen LogP contribution in [0.25, 0.3) is 33.4 Å². The normalized spacial score (nSPS) is 15.1. The molecule has 2 fully saturated rings. The van der Waals surface area contributed by atoms with Crippen LogP contribution < -0.4 is 14.8 Å². The van der Waals surface area contributed by atoms with Crippen LogP contribution in [0.5, 0.6) is 0 Å². The third kappa shape index (κ3) is 4.83. The summed E-state index contributed by atoms with van der Waals surface area (Å²) in [6.45, 7) is 8.20. The monoisotopic (exact) mass is 561 g/mol. The number of anilines is 1. The van der Waals surface area contributed by atoms with Gasteiger partial charge in [-0.1, -0.05) is 0 Å². The van der Waals surface area contributed by atoms with Crippen LogP contribution in [0.1, 0.15) is 54.3 Å². The number of hydrogen-bond acceptors (Lipinski definition) is 6. The summed E-state index contributed by atoms with van der Waals surface area (Å²) in [6, 6.07) is 10.5. The van der Waals surface area contributed by atoms with E-state index in [9.17, 15) is 9.59 Å². The molecule has 1 aliphatic carbocycles. The lowest BCUT2D eigenvalue weighted by Gasteiger charge is -2.33. The van der Waals surface area contributed by atoms with Gasteiger partial charge in [-0.15, -0.1) is 0 Å². The molecule has 4 aliphatic rings. The predicted octanol–water partition coefficient (Wildman–Crippen LogP) is 5.61. The van der Waals surface area contributed by atoms with Gasteiger partial charge in [0.25, 0.3) is 0 Å². The number of fused-ring (bicyclic) bond motifs is 2. The summed E-state index contributed by atoms with van der Waals surface area (Å²) in [4.78, 5) is 28.0. The van der Waals surface area contributed by atoms with Crippen LogP contribution in [0.2, 0.25) is 0 Å². The number of rotatable bonds is 4. The molecule has 2 saturated heterocycles. The Bertz CT molecular complexity index is 1760. The highest BCUT2D eigenvalue weighted by molar-refractivity contribution is 6.09. The van der Waals surface area contributed by atoms with Gasteiger partial charge in [0.15, 0.2) is 5.82 Å². The zero-order valence-corrected chi connectivity index (χ0v) is 23.5. The number of hydrogen-bond donors (Lipinski definition) is 0. The molecule has 0 saturated carbocycles. The zero-order valence-electron chi connectivity index (χ0n) is 23.5. The Morgan fingerprint density at radius 2 is 1.68 bits per heavy atom. The first-order chi connectivity index (χ1) is 19.5. The lowest BCUT2D eigenvalue weighted by molar-refractivity contribution is 0.00691. The van der Waals surface area contributed by atoms with Crippen molar-refractivity contribution in [2.24, 2.45) is 0 Å². The van der Waals surface area contributed by atoms with Gasteiger partial charge in [0, 0.05) is 35.7 Å². The summed E-state index contributed by atoms with van der Waals surface area (Å²) in [5, 5.41) is 0.750. The van der Waals surface area contributed by atoms with Crippen molar-refractivity contribution in [3.05, 3.63) is 70.6 Å². The minimum Gasteiger partial charge on any atom is -0.465 e. The van der Waals surface area contributed by atoms with Crippen LogP contribution >= 0.6 is 0 Å². The lowest BCUT2D eigenvalue weighted by atomic mass is 9.89. The van der Waals surface area contributed by atoms with Crippen molar-refractivity contribution in [2.45, 2.75) is 39.2 Å².